The number of anilines is 1. The van der Waals surface area contributed by atoms with Gasteiger partial charge in [0.1, 0.15) is 5.82 Å². The number of aromatic nitrogens is 2. The van der Waals surface area contributed by atoms with Crippen LogP contribution in [0, 0.1) is 13.8 Å². The monoisotopic (exact) mass is 347 g/mol. The summed E-state index contributed by atoms with van der Waals surface area (Å²) in [5.74, 6) is 2.46. The molecule has 2 N–H and O–H groups in total. The SMILES string of the molecule is CCC(Cc1ccc(OC)c(OC)c1)Nc1c(C)c(C)nn1CCO. The maximum absolute atomic E-state index is 9.26. The highest BCUT2D eigenvalue weighted by Crippen LogP contribution is 2.29. The zero-order valence-electron chi connectivity index (χ0n) is 15.8. The largest absolute Gasteiger partial charge is 0.493 e. The minimum Gasteiger partial charge on any atom is -0.493 e. The molecule has 1 aromatic heterocycles. The maximum atomic E-state index is 9.26. The molecule has 0 aliphatic carbocycles. The summed E-state index contributed by atoms with van der Waals surface area (Å²) in [6.07, 6.45) is 1.83. The quantitative estimate of drug-likeness (QED) is 0.730. The van der Waals surface area contributed by atoms with E-state index in [1.165, 1.54) is 5.56 Å². The van der Waals surface area contributed by atoms with Gasteiger partial charge in [-0.25, -0.2) is 4.68 Å². The van der Waals surface area contributed by atoms with E-state index in [-0.39, 0.29) is 12.6 Å². The molecule has 6 nitrogen and oxygen atoms in total. The minimum absolute atomic E-state index is 0.0711. The summed E-state index contributed by atoms with van der Waals surface area (Å²) in [7, 11) is 3.29. The van der Waals surface area contributed by atoms with Gasteiger partial charge in [-0.2, -0.15) is 5.10 Å². The number of ether oxygens (including phenoxy) is 2. The predicted molar refractivity (Wildman–Crippen MR) is 99.7 cm³/mol. The van der Waals surface area contributed by atoms with Gasteiger partial charge in [0.05, 0.1) is 33.1 Å². The van der Waals surface area contributed by atoms with Crippen molar-refractivity contribution in [2.45, 2.75) is 46.2 Å². The molecule has 0 bridgehead atoms. The van der Waals surface area contributed by atoms with Gasteiger partial charge >= 0.3 is 0 Å². The Hall–Kier alpha value is -2.21. The van der Waals surface area contributed by atoms with Crippen LogP contribution in [0.1, 0.15) is 30.2 Å². The molecule has 2 rings (SSSR count). The summed E-state index contributed by atoms with van der Waals surface area (Å²) in [6.45, 7) is 6.77. The summed E-state index contributed by atoms with van der Waals surface area (Å²) in [6, 6.07) is 6.28. The fourth-order valence-corrected chi connectivity index (χ4v) is 2.89. The number of nitrogens with zero attached hydrogens (tertiary/aromatic N) is 2. The normalized spacial score (nSPS) is 12.1. The molecular weight excluding hydrogens is 318 g/mol. The second kappa shape index (κ2) is 8.76. The minimum atomic E-state index is 0.0711. The average molecular weight is 347 g/mol. The summed E-state index contributed by atoms with van der Waals surface area (Å²) in [5.41, 5.74) is 3.29. The zero-order chi connectivity index (χ0) is 18.4. The van der Waals surface area contributed by atoms with Crippen LogP contribution >= 0.6 is 0 Å². The van der Waals surface area contributed by atoms with Crippen LogP contribution in [0.5, 0.6) is 11.5 Å². The van der Waals surface area contributed by atoms with E-state index in [1.807, 2.05) is 23.7 Å². The number of hydrogen-bond acceptors (Lipinski definition) is 5. The smallest absolute Gasteiger partial charge is 0.160 e. The molecule has 0 saturated heterocycles. The highest BCUT2D eigenvalue weighted by atomic mass is 16.5. The lowest BCUT2D eigenvalue weighted by molar-refractivity contribution is 0.270. The third-order valence-corrected chi connectivity index (χ3v) is 4.50. The van der Waals surface area contributed by atoms with E-state index in [1.54, 1.807) is 14.2 Å². The Bertz CT molecular complexity index is 697. The van der Waals surface area contributed by atoms with Crippen LogP contribution in [0.3, 0.4) is 0 Å². The lowest BCUT2D eigenvalue weighted by Gasteiger charge is -2.20. The van der Waals surface area contributed by atoms with Crippen LogP contribution in [-0.2, 0) is 13.0 Å². The third kappa shape index (κ3) is 4.45. The van der Waals surface area contributed by atoms with Crippen LogP contribution in [0.4, 0.5) is 5.82 Å². The van der Waals surface area contributed by atoms with Gasteiger partial charge in [0.15, 0.2) is 11.5 Å². The average Bonchev–Trinajstić information content (AvgIpc) is 2.88. The summed E-state index contributed by atoms with van der Waals surface area (Å²) < 4.78 is 12.5. The molecule has 0 fully saturated rings. The van der Waals surface area contributed by atoms with Crippen molar-refractivity contribution in [2.24, 2.45) is 0 Å². The fourth-order valence-electron chi connectivity index (χ4n) is 2.89. The summed E-state index contributed by atoms with van der Waals surface area (Å²) in [5, 5.41) is 17.4. The molecule has 0 amide bonds. The lowest BCUT2D eigenvalue weighted by Crippen LogP contribution is -2.24. The second-order valence-corrected chi connectivity index (χ2v) is 6.15. The maximum Gasteiger partial charge on any atom is 0.160 e. The van der Waals surface area contributed by atoms with Crippen LogP contribution in [0.15, 0.2) is 18.2 Å². The van der Waals surface area contributed by atoms with Gasteiger partial charge in [0, 0.05) is 11.6 Å². The molecule has 1 heterocycles. The summed E-state index contributed by atoms with van der Waals surface area (Å²) >= 11 is 0. The molecule has 138 valence electrons. The Morgan fingerprint density at radius 3 is 2.52 bits per heavy atom. The Labute approximate surface area is 149 Å². The molecule has 1 aromatic carbocycles. The van der Waals surface area contributed by atoms with Gasteiger partial charge in [-0.05, 0) is 44.4 Å². The van der Waals surface area contributed by atoms with Gasteiger partial charge in [-0.15, -0.1) is 0 Å². The van der Waals surface area contributed by atoms with Crippen LogP contribution in [0.25, 0.3) is 0 Å². The molecule has 0 spiro atoms. The van der Waals surface area contributed by atoms with Gasteiger partial charge in [0.2, 0.25) is 0 Å². The first-order valence-electron chi connectivity index (χ1n) is 8.66. The Balaban J connectivity index is 2.19. The number of hydrogen-bond donors (Lipinski definition) is 2. The van der Waals surface area contributed by atoms with E-state index < -0.39 is 0 Å². The number of aryl methyl sites for hydroxylation is 1. The van der Waals surface area contributed by atoms with Crippen LogP contribution < -0.4 is 14.8 Å². The fraction of sp³-hybridized carbons (Fsp3) is 0.526. The third-order valence-electron chi connectivity index (χ3n) is 4.50. The Morgan fingerprint density at radius 2 is 1.92 bits per heavy atom. The predicted octanol–water partition coefficient (Wildman–Crippen LogP) is 2.94. The van der Waals surface area contributed by atoms with E-state index in [0.29, 0.717) is 6.54 Å². The summed E-state index contributed by atoms with van der Waals surface area (Å²) in [4.78, 5) is 0. The molecule has 1 unspecified atom stereocenters. The number of aliphatic hydroxyl groups excluding tert-OH is 1. The van der Waals surface area contributed by atoms with Crippen molar-refractivity contribution in [1.29, 1.82) is 0 Å². The molecular formula is C19H29N3O3. The van der Waals surface area contributed by atoms with E-state index >= 15 is 0 Å². The van der Waals surface area contributed by atoms with Gasteiger partial charge in [-0.1, -0.05) is 13.0 Å². The second-order valence-electron chi connectivity index (χ2n) is 6.15. The first-order valence-corrected chi connectivity index (χ1v) is 8.66. The van der Waals surface area contributed by atoms with E-state index in [2.05, 4.69) is 30.3 Å². The van der Waals surface area contributed by atoms with Gasteiger partial charge in [0.25, 0.3) is 0 Å². The number of nitrogens with one attached hydrogen (secondary N) is 1. The number of rotatable bonds is 9. The molecule has 0 saturated carbocycles. The number of benzene rings is 1. The van der Waals surface area contributed by atoms with Crippen molar-refractivity contribution >= 4 is 5.82 Å². The first kappa shape index (κ1) is 19.1. The van der Waals surface area contributed by atoms with E-state index in [9.17, 15) is 5.11 Å². The molecule has 2 aromatic rings. The highest BCUT2D eigenvalue weighted by Gasteiger charge is 2.16. The van der Waals surface area contributed by atoms with Gasteiger partial charge < -0.3 is 19.9 Å². The lowest BCUT2D eigenvalue weighted by atomic mass is 10.0. The molecule has 1 atom stereocenters. The van der Waals surface area contributed by atoms with Crippen molar-refractivity contribution in [2.75, 3.05) is 26.1 Å². The molecule has 6 heteroatoms. The van der Waals surface area contributed by atoms with E-state index in [4.69, 9.17) is 9.47 Å². The van der Waals surface area contributed by atoms with Crippen molar-refractivity contribution in [3.63, 3.8) is 0 Å². The van der Waals surface area contributed by atoms with E-state index in [0.717, 1.165) is 41.4 Å². The Morgan fingerprint density at radius 1 is 1.20 bits per heavy atom. The van der Waals surface area contributed by atoms with Crippen molar-refractivity contribution < 1.29 is 14.6 Å². The molecule has 0 radical (unpaired) electrons. The zero-order valence-corrected chi connectivity index (χ0v) is 15.8. The standard InChI is InChI=1S/C19H29N3O3/c1-6-16(11-15-7-8-17(24-4)18(12-15)25-5)20-19-13(2)14(3)21-22(19)9-10-23/h7-8,12,16,20,23H,6,9-11H2,1-5H3. The van der Waals surface area contributed by atoms with Crippen molar-refractivity contribution in [1.82, 2.24) is 9.78 Å². The van der Waals surface area contributed by atoms with Crippen molar-refractivity contribution in [3.05, 3.63) is 35.0 Å². The van der Waals surface area contributed by atoms with Crippen LogP contribution in [0.2, 0.25) is 0 Å². The molecule has 25 heavy (non-hydrogen) atoms. The molecule has 0 aliphatic rings. The first-order chi connectivity index (χ1) is 12.0. The van der Waals surface area contributed by atoms with Gasteiger partial charge in [-0.3, -0.25) is 0 Å². The highest BCUT2D eigenvalue weighted by molar-refractivity contribution is 5.48. The van der Waals surface area contributed by atoms with Crippen molar-refractivity contribution in [3.8, 4) is 11.5 Å². The Kier molecular flexibility index (Phi) is 6.70. The molecule has 0 aliphatic heterocycles. The topological polar surface area (TPSA) is 68.5 Å². The van der Waals surface area contributed by atoms with Crippen LogP contribution in [-0.4, -0.2) is 41.8 Å². The number of methoxy groups -OCH3 is 2. The number of aliphatic hydroxyl groups is 1.